The summed E-state index contributed by atoms with van der Waals surface area (Å²) in [5.41, 5.74) is 0.805. The minimum atomic E-state index is -0.443. The highest BCUT2D eigenvalue weighted by atomic mass is 16.6. The van der Waals surface area contributed by atoms with Crippen molar-refractivity contribution in [3.63, 3.8) is 0 Å². The van der Waals surface area contributed by atoms with Crippen LogP contribution in [-0.2, 0) is 6.54 Å². The molecule has 0 spiro atoms. The molecule has 0 N–H and O–H groups in total. The lowest BCUT2D eigenvalue weighted by molar-refractivity contribution is -0.385. The molecule has 18 heavy (non-hydrogen) atoms. The van der Waals surface area contributed by atoms with E-state index in [0.29, 0.717) is 25.3 Å². The number of rotatable bonds is 6. The van der Waals surface area contributed by atoms with E-state index in [1.54, 1.807) is 6.07 Å². The summed E-state index contributed by atoms with van der Waals surface area (Å²) in [6.45, 7) is 1.17. The number of non-ortho nitro benzene ring substituents is 1. The van der Waals surface area contributed by atoms with E-state index in [0.717, 1.165) is 5.56 Å². The molecule has 6 heteroatoms. The summed E-state index contributed by atoms with van der Waals surface area (Å²) in [5.74, 6) is 0.466. The van der Waals surface area contributed by atoms with Crippen molar-refractivity contribution >= 4 is 5.69 Å². The molecule has 0 aliphatic heterocycles. The lowest BCUT2D eigenvalue weighted by Crippen LogP contribution is -2.18. The summed E-state index contributed by atoms with van der Waals surface area (Å²) in [6, 6.07) is 6.73. The monoisotopic (exact) mass is 249 g/mol. The van der Waals surface area contributed by atoms with E-state index in [1.807, 2.05) is 11.9 Å². The van der Waals surface area contributed by atoms with E-state index in [1.165, 1.54) is 19.2 Å². The summed E-state index contributed by atoms with van der Waals surface area (Å²) in [5, 5.41) is 19.3. The van der Waals surface area contributed by atoms with E-state index in [-0.39, 0.29) is 5.69 Å². The number of ether oxygens (including phenoxy) is 1. The van der Waals surface area contributed by atoms with Gasteiger partial charge >= 0.3 is 0 Å². The zero-order valence-electron chi connectivity index (χ0n) is 10.4. The van der Waals surface area contributed by atoms with Crippen LogP contribution in [0.2, 0.25) is 0 Å². The molecule has 1 aromatic carbocycles. The van der Waals surface area contributed by atoms with Gasteiger partial charge in [-0.25, -0.2) is 0 Å². The van der Waals surface area contributed by atoms with Crippen LogP contribution in [-0.4, -0.2) is 30.5 Å². The Hall–Kier alpha value is -2.13. The van der Waals surface area contributed by atoms with Crippen molar-refractivity contribution in [3.8, 4) is 11.8 Å². The lowest BCUT2D eigenvalue weighted by atomic mass is 10.1. The molecule has 0 bridgehead atoms. The van der Waals surface area contributed by atoms with Crippen LogP contribution in [0.3, 0.4) is 0 Å². The Labute approximate surface area is 106 Å². The van der Waals surface area contributed by atoms with E-state index >= 15 is 0 Å². The number of hydrogen-bond donors (Lipinski definition) is 0. The van der Waals surface area contributed by atoms with Crippen molar-refractivity contribution in [2.45, 2.75) is 13.0 Å². The molecule has 0 aliphatic carbocycles. The number of nitro groups is 1. The summed E-state index contributed by atoms with van der Waals surface area (Å²) in [6.07, 6.45) is 0.433. The fourth-order valence-corrected chi connectivity index (χ4v) is 1.59. The quantitative estimate of drug-likeness (QED) is 0.568. The highest BCUT2D eigenvalue weighted by Crippen LogP contribution is 2.23. The van der Waals surface area contributed by atoms with Crippen molar-refractivity contribution in [3.05, 3.63) is 33.9 Å². The number of nitriles is 1. The normalized spacial score (nSPS) is 10.1. The fourth-order valence-electron chi connectivity index (χ4n) is 1.59. The third-order valence-corrected chi connectivity index (χ3v) is 2.46. The number of nitro benzene ring substituents is 1. The van der Waals surface area contributed by atoms with Crippen molar-refractivity contribution in [2.24, 2.45) is 0 Å². The predicted octanol–water partition coefficient (Wildman–Crippen LogP) is 1.95. The molecular formula is C12H15N3O3. The van der Waals surface area contributed by atoms with E-state index in [2.05, 4.69) is 6.07 Å². The van der Waals surface area contributed by atoms with E-state index in [4.69, 9.17) is 10.00 Å². The van der Waals surface area contributed by atoms with Gasteiger partial charge in [0.1, 0.15) is 5.75 Å². The van der Waals surface area contributed by atoms with Gasteiger partial charge in [-0.05, 0) is 18.7 Å². The number of nitrogens with zero attached hydrogens (tertiary/aromatic N) is 3. The molecule has 0 fully saturated rings. The molecule has 1 aromatic rings. The van der Waals surface area contributed by atoms with Gasteiger partial charge in [0, 0.05) is 25.6 Å². The largest absolute Gasteiger partial charge is 0.496 e. The smallest absolute Gasteiger partial charge is 0.273 e. The molecule has 0 aromatic heterocycles. The second-order valence-corrected chi connectivity index (χ2v) is 3.94. The summed E-state index contributed by atoms with van der Waals surface area (Å²) >= 11 is 0. The molecule has 0 saturated heterocycles. The maximum atomic E-state index is 10.8. The lowest BCUT2D eigenvalue weighted by Gasteiger charge is -2.15. The van der Waals surface area contributed by atoms with Crippen LogP contribution in [0.4, 0.5) is 5.69 Å². The van der Waals surface area contributed by atoms with Crippen LogP contribution in [0.1, 0.15) is 12.0 Å². The van der Waals surface area contributed by atoms with Crippen LogP contribution >= 0.6 is 0 Å². The van der Waals surface area contributed by atoms with Gasteiger partial charge in [0.15, 0.2) is 0 Å². The van der Waals surface area contributed by atoms with Gasteiger partial charge in [-0.2, -0.15) is 5.26 Å². The third-order valence-electron chi connectivity index (χ3n) is 2.46. The Morgan fingerprint density at radius 2 is 2.22 bits per heavy atom. The zero-order chi connectivity index (χ0) is 13.5. The number of methoxy groups -OCH3 is 1. The fraction of sp³-hybridized carbons (Fsp3) is 0.417. The van der Waals surface area contributed by atoms with Crippen molar-refractivity contribution in [2.75, 3.05) is 20.7 Å². The molecule has 0 amide bonds. The minimum absolute atomic E-state index is 0.0121. The molecule has 96 valence electrons. The molecule has 0 aliphatic rings. The van der Waals surface area contributed by atoms with Crippen LogP contribution in [0.15, 0.2) is 18.2 Å². The highest BCUT2D eigenvalue weighted by Gasteiger charge is 2.11. The van der Waals surface area contributed by atoms with Crippen molar-refractivity contribution < 1.29 is 9.66 Å². The maximum absolute atomic E-state index is 10.8. The molecule has 0 atom stereocenters. The first-order valence-corrected chi connectivity index (χ1v) is 5.44. The molecule has 1 rings (SSSR count). The first-order valence-electron chi connectivity index (χ1n) is 5.44. The SMILES string of the molecule is COc1cc(CN(C)CCC#N)cc([N+](=O)[O-])c1. The minimum Gasteiger partial charge on any atom is -0.496 e. The third kappa shape index (κ3) is 4.03. The Balaban J connectivity index is 2.85. The van der Waals surface area contributed by atoms with Crippen molar-refractivity contribution in [1.29, 1.82) is 5.26 Å². The molecule has 0 heterocycles. The second-order valence-electron chi connectivity index (χ2n) is 3.94. The molecule has 0 saturated carbocycles. The Morgan fingerprint density at radius 3 is 2.78 bits per heavy atom. The van der Waals surface area contributed by atoms with Gasteiger partial charge < -0.3 is 9.64 Å². The van der Waals surface area contributed by atoms with Crippen molar-refractivity contribution in [1.82, 2.24) is 4.90 Å². The van der Waals surface area contributed by atoms with Crippen LogP contribution in [0, 0.1) is 21.4 Å². The van der Waals surface area contributed by atoms with E-state index in [9.17, 15) is 10.1 Å². The van der Waals surface area contributed by atoms with Gasteiger partial charge in [0.05, 0.1) is 24.2 Å². The molecule has 6 nitrogen and oxygen atoms in total. The molecule has 0 unspecified atom stereocenters. The standard InChI is InChI=1S/C12H15N3O3/c1-14(5-3-4-13)9-10-6-11(15(16)17)8-12(7-10)18-2/h6-8H,3,5,9H2,1-2H3. The van der Waals surface area contributed by atoms with Crippen LogP contribution in [0.25, 0.3) is 0 Å². The predicted molar refractivity (Wildman–Crippen MR) is 66.2 cm³/mol. The highest BCUT2D eigenvalue weighted by molar-refractivity contribution is 5.42. The van der Waals surface area contributed by atoms with Gasteiger partial charge in [0.2, 0.25) is 0 Å². The van der Waals surface area contributed by atoms with Gasteiger partial charge in [0.25, 0.3) is 5.69 Å². The van der Waals surface area contributed by atoms with E-state index < -0.39 is 4.92 Å². The summed E-state index contributed by atoms with van der Waals surface area (Å²) < 4.78 is 5.03. The summed E-state index contributed by atoms with van der Waals surface area (Å²) in [4.78, 5) is 12.3. The second kappa shape index (κ2) is 6.57. The topological polar surface area (TPSA) is 79.4 Å². The summed E-state index contributed by atoms with van der Waals surface area (Å²) in [7, 11) is 3.34. The van der Waals surface area contributed by atoms with Gasteiger partial charge in [-0.3, -0.25) is 10.1 Å². The van der Waals surface area contributed by atoms with Gasteiger partial charge in [-0.1, -0.05) is 0 Å². The maximum Gasteiger partial charge on any atom is 0.273 e. The van der Waals surface area contributed by atoms with Gasteiger partial charge in [-0.15, -0.1) is 0 Å². The average molecular weight is 249 g/mol. The zero-order valence-corrected chi connectivity index (χ0v) is 10.4. The number of benzene rings is 1. The first-order chi connectivity index (χ1) is 8.56. The molecule has 0 radical (unpaired) electrons. The van der Waals surface area contributed by atoms with Crippen LogP contribution < -0.4 is 4.74 Å². The average Bonchev–Trinajstić information content (AvgIpc) is 2.35. The van der Waals surface area contributed by atoms with Crippen LogP contribution in [0.5, 0.6) is 5.75 Å². The first kappa shape index (κ1) is 13.9. The Kier molecular flexibility index (Phi) is 5.08. The Bertz CT molecular complexity index is 468. The Morgan fingerprint density at radius 1 is 1.50 bits per heavy atom. The number of hydrogen-bond acceptors (Lipinski definition) is 5. The molecular weight excluding hydrogens is 234 g/mol.